The van der Waals surface area contributed by atoms with Crippen molar-refractivity contribution in [2.24, 2.45) is 0 Å². The van der Waals surface area contributed by atoms with Gasteiger partial charge in [-0.15, -0.1) is 10.2 Å². The fourth-order valence-electron chi connectivity index (χ4n) is 1.72. The third-order valence-corrected chi connectivity index (χ3v) is 2.80. The summed E-state index contributed by atoms with van der Waals surface area (Å²) in [5.41, 5.74) is 2.47. The molecule has 0 atom stereocenters. The molecule has 0 aliphatic carbocycles. The zero-order valence-electron chi connectivity index (χ0n) is 9.44. The minimum Gasteiger partial charge on any atom is -0.297 e. The summed E-state index contributed by atoms with van der Waals surface area (Å²) >= 11 is 6.00. The Bertz CT molecular complexity index is 491. The molecule has 0 amide bonds. The highest BCUT2D eigenvalue weighted by Gasteiger charge is 2.08. The molecule has 0 saturated heterocycles. The number of aromatic nitrogens is 3. The molecule has 0 aliphatic rings. The van der Waals surface area contributed by atoms with Crippen molar-refractivity contribution in [2.75, 3.05) is 0 Å². The van der Waals surface area contributed by atoms with E-state index in [1.165, 1.54) is 11.1 Å². The lowest BCUT2D eigenvalue weighted by molar-refractivity contribution is 0.732. The highest BCUT2D eigenvalue weighted by atomic mass is 35.5. The first-order valence-electron chi connectivity index (χ1n) is 5.34. The maximum absolute atomic E-state index is 6.00. The number of hydrogen-bond acceptors (Lipinski definition) is 2. The first kappa shape index (κ1) is 11.1. The second kappa shape index (κ2) is 4.66. The lowest BCUT2D eigenvalue weighted by Crippen LogP contribution is -2.04. The molecule has 0 spiro atoms. The van der Waals surface area contributed by atoms with Crippen molar-refractivity contribution >= 4 is 11.6 Å². The van der Waals surface area contributed by atoms with Gasteiger partial charge >= 0.3 is 0 Å². The highest BCUT2D eigenvalue weighted by Crippen LogP contribution is 2.13. The average molecular weight is 236 g/mol. The molecule has 16 heavy (non-hydrogen) atoms. The maximum atomic E-state index is 6.00. The third-order valence-electron chi connectivity index (χ3n) is 2.52. The van der Waals surface area contributed by atoms with Crippen molar-refractivity contribution in [3.05, 3.63) is 46.5 Å². The first-order chi connectivity index (χ1) is 7.70. The van der Waals surface area contributed by atoms with E-state index >= 15 is 0 Å². The number of nitrogens with zero attached hydrogens (tertiary/aromatic N) is 3. The van der Waals surface area contributed by atoms with Crippen LogP contribution >= 0.6 is 11.6 Å². The molecule has 0 saturated carbocycles. The van der Waals surface area contributed by atoms with Gasteiger partial charge in [0.1, 0.15) is 5.82 Å². The predicted octanol–water partition coefficient (Wildman–Crippen LogP) is 2.85. The molecule has 4 heteroatoms. The summed E-state index contributed by atoms with van der Waals surface area (Å²) < 4.78 is 1.94. The molecule has 0 unspecified atom stereocenters. The fourth-order valence-corrected chi connectivity index (χ4v) is 1.92. The molecule has 1 heterocycles. The Labute approximate surface area is 100 Å². The van der Waals surface area contributed by atoms with Crippen molar-refractivity contribution in [1.82, 2.24) is 14.8 Å². The lowest BCUT2D eigenvalue weighted by atomic mass is 10.1. The van der Waals surface area contributed by atoms with Crippen LogP contribution in [0.2, 0.25) is 5.28 Å². The van der Waals surface area contributed by atoms with Crippen LogP contribution in [0.4, 0.5) is 0 Å². The zero-order chi connectivity index (χ0) is 11.5. The van der Waals surface area contributed by atoms with E-state index in [1.807, 2.05) is 11.5 Å². The van der Waals surface area contributed by atoms with Crippen molar-refractivity contribution in [2.45, 2.75) is 26.8 Å². The van der Waals surface area contributed by atoms with Crippen LogP contribution in [0.15, 0.2) is 24.3 Å². The summed E-state index contributed by atoms with van der Waals surface area (Å²) in [5.74, 6) is 0.923. The molecule has 84 valence electrons. The number of rotatable bonds is 3. The molecule has 0 bridgehead atoms. The average Bonchev–Trinajstić information content (AvgIpc) is 2.60. The summed E-state index contributed by atoms with van der Waals surface area (Å²) in [6.07, 6.45) is 0.839. The van der Waals surface area contributed by atoms with Crippen LogP contribution < -0.4 is 0 Å². The molecule has 0 N–H and O–H groups in total. The SMILES string of the molecule is CCc1nnc(Cl)n1Cc1cccc(C)c1. The second-order valence-electron chi connectivity index (χ2n) is 3.81. The molecule has 0 radical (unpaired) electrons. The number of benzene rings is 1. The number of hydrogen-bond donors (Lipinski definition) is 0. The van der Waals surface area contributed by atoms with Crippen LogP contribution in [0.3, 0.4) is 0 Å². The summed E-state index contributed by atoms with van der Waals surface area (Å²) in [5, 5.41) is 8.38. The molecule has 1 aromatic heterocycles. The quantitative estimate of drug-likeness (QED) is 0.819. The normalized spacial score (nSPS) is 10.7. The molecule has 2 aromatic rings. The van der Waals surface area contributed by atoms with E-state index in [-0.39, 0.29) is 0 Å². The molecule has 0 aliphatic heterocycles. The van der Waals surface area contributed by atoms with Crippen LogP contribution in [0.25, 0.3) is 0 Å². The Morgan fingerprint density at radius 1 is 1.31 bits per heavy atom. The Balaban J connectivity index is 2.29. The molecule has 3 nitrogen and oxygen atoms in total. The Morgan fingerprint density at radius 3 is 2.81 bits per heavy atom. The standard InChI is InChI=1S/C12H14ClN3/c1-3-11-14-15-12(13)16(11)8-10-6-4-5-9(2)7-10/h4-7H,3,8H2,1-2H3. The van der Waals surface area contributed by atoms with Gasteiger partial charge in [0.25, 0.3) is 0 Å². The highest BCUT2D eigenvalue weighted by molar-refractivity contribution is 6.28. The smallest absolute Gasteiger partial charge is 0.225 e. The van der Waals surface area contributed by atoms with Crippen molar-refractivity contribution in [1.29, 1.82) is 0 Å². The van der Waals surface area contributed by atoms with E-state index < -0.39 is 0 Å². The summed E-state index contributed by atoms with van der Waals surface area (Å²) in [4.78, 5) is 0. The number of halogens is 1. The number of aryl methyl sites for hydroxylation is 2. The Kier molecular flexibility index (Phi) is 3.25. The predicted molar refractivity (Wildman–Crippen MR) is 64.7 cm³/mol. The van der Waals surface area contributed by atoms with Gasteiger partial charge in [0, 0.05) is 6.42 Å². The van der Waals surface area contributed by atoms with E-state index in [0.29, 0.717) is 5.28 Å². The van der Waals surface area contributed by atoms with E-state index in [9.17, 15) is 0 Å². The van der Waals surface area contributed by atoms with Crippen molar-refractivity contribution < 1.29 is 0 Å². The minimum atomic E-state index is 0.457. The largest absolute Gasteiger partial charge is 0.297 e. The second-order valence-corrected chi connectivity index (χ2v) is 4.15. The summed E-state index contributed by atoms with van der Waals surface area (Å²) in [7, 11) is 0. The van der Waals surface area contributed by atoms with Gasteiger partial charge < -0.3 is 0 Å². The van der Waals surface area contributed by atoms with Crippen LogP contribution in [0.1, 0.15) is 23.9 Å². The van der Waals surface area contributed by atoms with E-state index in [2.05, 4.69) is 41.4 Å². The molecule has 0 fully saturated rings. The molecule has 2 rings (SSSR count). The van der Waals surface area contributed by atoms with Gasteiger partial charge in [-0.1, -0.05) is 36.8 Å². The Hall–Kier alpha value is -1.35. The van der Waals surface area contributed by atoms with Crippen LogP contribution in [0, 0.1) is 6.92 Å². The van der Waals surface area contributed by atoms with E-state index in [1.54, 1.807) is 0 Å². The molecular formula is C12H14ClN3. The monoisotopic (exact) mass is 235 g/mol. The topological polar surface area (TPSA) is 30.7 Å². The van der Waals surface area contributed by atoms with Gasteiger partial charge in [-0.25, -0.2) is 0 Å². The Morgan fingerprint density at radius 2 is 2.12 bits per heavy atom. The van der Waals surface area contributed by atoms with E-state index in [0.717, 1.165) is 18.8 Å². The van der Waals surface area contributed by atoms with Gasteiger partial charge in [-0.05, 0) is 24.1 Å². The molecule has 1 aromatic carbocycles. The lowest BCUT2D eigenvalue weighted by Gasteiger charge is -2.07. The van der Waals surface area contributed by atoms with Gasteiger partial charge in [0.2, 0.25) is 5.28 Å². The first-order valence-corrected chi connectivity index (χ1v) is 5.71. The minimum absolute atomic E-state index is 0.457. The van der Waals surface area contributed by atoms with Crippen molar-refractivity contribution in [3.63, 3.8) is 0 Å². The van der Waals surface area contributed by atoms with Gasteiger partial charge in [-0.2, -0.15) is 0 Å². The van der Waals surface area contributed by atoms with Gasteiger partial charge in [0.15, 0.2) is 0 Å². The zero-order valence-corrected chi connectivity index (χ0v) is 10.2. The third kappa shape index (κ3) is 2.25. The van der Waals surface area contributed by atoms with Gasteiger partial charge in [-0.3, -0.25) is 4.57 Å². The van der Waals surface area contributed by atoms with E-state index in [4.69, 9.17) is 11.6 Å². The van der Waals surface area contributed by atoms with Crippen LogP contribution in [0.5, 0.6) is 0 Å². The van der Waals surface area contributed by atoms with Crippen LogP contribution in [-0.4, -0.2) is 14.8 Å². The van der Waals surface area contributed by atoms with Crippen LogP contribution in [-0.2, 0) is 13.0 Å². The fraction of sp³-hybridized carbons (Fsp3) is 0.333. The van der Waals surface area contributed by atoms with Gasteiger partial charge in [0.05, 0.1) is 6.54 Å². The summed E-state index contributed by atoms with van der Waals surface area (Å²) in [6.45, 7) is 4.86. The molecular weight excluding hydrogens is 222 g/mol. The maximum Gasteiger partial charge on any atom is 0.225 e. The summed E-state index contributed by atoms with van der Waals surface area (Å²) in [6, 6.07) is 8.37. The van der Waals surface area contributed by atoms with Crippen molar-refractivity contribution in [3.8, 4) is 0 Å².